The predicted octanol–water partition coefficient (Wildman–Crippen LogP) is 1.75. The van der Waals surface area contributed by atoms with Crippen LogP contribution in [0.25, 0.3) is 0 Å². The van der Waals surface area contributed by atoms with Crippen molar-refractivity contribution in [1.29, 1.82) is 0 Å². The zero-order chi connectivity index (χ0) is 21.9. The van der Waals surface area contributed by atoms with Crippen LogP contribution in [0.3, 0.4) is 0 Å². The molecule has 0 radical (unpaired) electrons. The van der Waals surface area contributed by atoms with E-state index in [0.29, 0.717) is 26.3 Å². The molecule has 2 heterocycles. The van der Waals surface area contributed by atoms with Gasteiger partial charge in [-0.1, -0.05) is 12.1 Å². The second-order valence-electron chi connectivity index (χ2n) is 7.89. The van der Waals surface area contributed by atoms with Gasteiger partial charge in [0.05, 0.1) is 25.7 Å². The van der Waals surface area contributed by atoms with Gasteiger partial charge >= 0.3 is 5.97 Å². The van der Waals surface area contributed by atoms with Gasteiger partial charge in [0, 0.05) is 46.3 Å². The maximum Gasteiger partial charge on any atom is 0.310 e. The van der Waals surface area contributed by atoms with E-state index in [-0.39, 0.29) is 11.9 Å². The zero-order valence-electron chi connectivity index (χ0n) is 18.8. The number of aliphatic imine (C=N–C) groups is 1. The van der Waals surface area contributed by atoms with Crippen LogP contribution in [-0.2, 0) is 20.8 Å². The molecule has 3 rings (SSSR count). The van der Waals surface area contributed by atoms with Gasteiger partial charge < -0.3 is 24.4 Å². The van der Waals surface area contributed by atoms with Crippen LogP contribution in [0.5, 0.6) is 5.75 Å². The maximum absolute atomic E-state index is 12.1. The number of guanidine groups is 1. The van der Waals surface area contributed by atoms with Gasteiger partial charge in [0.2, 0.25) is 0 Å². The molecule has 0 spiro atoms. The monoisotopic (exact) mass is 432 g/mol. The number of carbonyl (C=O) groups excluding carboxylic acids is 1. The van der Waals surface area contributed by atoms with Crippen molar-refractivity contribution in [3.8, 4) is 5.75 Å². The molecule has 2 aliphatic heterocycles. The Balaban J connectivity index is 1.46. The third kappa shape index (κ3) is 7.40. The minimum absolute atomic E-state index is 0.0876. The van der Waals surface area contributed by atoms with Gasteiger partial charge in [-0.05, 0) is 37.5 Å². The van der Waals surface area contributed by atoms with Crippen molar-refractivity contribution in [2.24, 2.45) is 10.9 Å². The number of rotatable bonds is 8. The molecule has 0 saturated carbocycles. The predicted molar refractivity (Wildman–Crippen MR) is 120 cm³/mol. The fraction of sp³-hybridized carbons (Fsp3) is 0.652. The molecule has 8 heteroatoms. The fourth-order valence-corrected chi connectivity index (χ4v) is 4.00. The molecular formula is C23H36N4O4. The SMILES string of the molecule is CCOC(=O)C1CCCN(C(=NC)NCc2cccc(OCCN3CCOCC3)c2)C1. The number of ether oxygens (including phenoxy) is 3. The fourth-order valence-electron chi connectivity index (χ4n) is 4.00. The second kappa shape index (κ2) is 12.5. The normalized spacial score (nSPS) is 20.4. The van der Waals surface area contributed by atoms with Crippen molar-refractivity contribution in [3.63, 3.8) is 0 Å². The summed E-state index contributed by atoms with van der Waals surface area (Å²) >= 11 is 0. The van der Waals surface area contributed by atoms with Gasteiger partial charge in [-0.2, -0.15) is 0 Å². The Bertz CT molecular complexity index is 721. The standard InChI is InChI=1S/C23H36N4O4/c1-3-30-22(28)20-7-5-9-27(18-20)23(24-2)25-17-19-6-4-8-21(16-19)31-15-12-26-10-13-29-14-11-26/h4,6,8,16,20H,3,5,7,9-15,17-18H2,1-2H3,(H,24,25). The van der Waals surface area contributed by atoms with Crippen molar-refractivity contribution in [2.75, 3.05) is 66.2 Å². The van der Waals surface area contributed by atoms with Crippen LogP contribution in [0.4, 0.5) is 0 Å². The first kappa shape index (κ1) is 23.3. The van der Waals surface area contributed by atoms with Crippen LogP contribution in [-0.4, -0.2) is 87.9 Å². The smallest absolute Gasteiger partial charge is 0.310 e. The summed E-state index contributed by atoms with van der Waals surface area (Å²) in [6.07, 6.45) is 1.83. The molecule has 172 valence electrons. The molecule has 0 bridgehead atoms. The third-order valence-electron chi connectivity index (χ3n) is 5.68. The molecule has 0 aromatic heterocycles. The van der Waals surface area contributed by atoms with Crippen molar-refractivity contribution in [1.82, 2.24) is 15.1 Å². The molecule has 2 fully saturated rings. The van der Waals surface area contributed by atoms with Gasteiger partial charge in [-0.15, -0.1) is 0 Å². The molecule has 0 amide bonds. The number of hydrogen-bond acceptors (Lipinski definition) is 6. The van der Waals surface area contributed by atoms with Crippen molar-refractivity contribution < 1.29 is 19.0 Å². The lowest BCUT2D eigenvalue weighted by molar-refractivity contribution is -0.149. The first-order valence-electron chi connectivity index (χ1n) is 11.3. The van der Waals surface area contributed by atoms with Crippen LogP contribution in [0.2, 0.25) is 0 Å². The summed E-state index contributed by atoms with van der Waals surface area (Å²) in [5.41, 5.74) is 1.13. The molecular weight excluding hydrogens is 396 g/mol. The maximum atomic E-state index is 12.1. The van der Waals surface area contributed by atoms with E-state index in [2.05, 4.69) is 32.2 Å². The number of esters is 1. The highest BCUT2D eigenvalue weighted by molar-refractivity contribution is 5.81. The third-order valence-corrected chi connectivity index (χ3v) is 5.68. The molecule has 1 atom stereocenters. The number of nitrogens with zero attached hydrogens (tertiary/aromatic N) is 3. The van der Waals surface area contributed by atoms with Crippen LogP contribution in [0, 0.1) is 5.92 Å². The zero-order valence-corrected chi connectivity index (χ0v) is 18.8. The molecule has 0 aliphatic carbocycles. The van der Waals surface area contributed by atoms with Gasteiger partial charge in [0.25, 0.3) is 0 Å². The second-order valence-corrected chi connectivity index (χ2v) is 7.89. The molecule has 2 saturated heterocycles. The van der Waals surface area contributed by atoms with Gasteiger partial charge in [-0.25, -0.2) is 0 Å². The van der Waals surface area contributed by atoms with E-state index in [1.807, 2.05) is 19.1 Å². The van der Waals surface area contributed by atoms with E-state index >= 15 is 0 Å². The molecule has 1 N–H and O–H groups in total. The lowest BCUT2D eigenvalue weighted by Gasteiger charge is -2.34. The molecule has 1 aromatic carbocycles. The highest BCUT2D eigenvalue weighted by atomic mass is 16.5. The van der Waals surface area contributed by atoms with Gasteiger partial charge in [0.1, 0.15) is 12.4 Å². The molecule has 1 aromatic rings. The van der Waals surface area contributed by atoms with E-state index in [4.69, 9.17) is 14.2 Å². The van der Waals surface area contributed by atoms with E-state index in [1.54, 1.807) is 7.05 Å². The topological polar surface area (TPSA) is 75.6 Å². The first-order chi connectivity index (χ1) is 15.2. The lowest BCUT2D eigenvalue weighted by atomic mass is 9.98. The van der Waals surface area contributed by atoms with Crippen LogP contribution in [0.15, 0.2) is 29.3 Å². The lowest BCUT2D eigenvalue weighted by Crippen LogP contribution is -2.48. The summed E-state index contributed by atoms with van der Waals surface area (Å²) in [5, 5.41) is 3.43. The van der Waals surface area contributed by atoms with Gasteiger partial charge in [0.15, 0.2) is 5.96 Å². The Morgan fingerprint density at radius 2 is 2.13 bits per heavy atom. The van der Waals surface area contributed by atoms with Crippen molar-refractivity contribution >= 4 is 11.9 Å². The van der Waals surface area contributed by atoms with Gasteiger partial charge in [-0.3, -0.25) is 14.7 Å². The Labute approximate surface area is 185 Å². The Kier molecular flexibility index (Phi) is 9.42. The van der Waals surface area contributed by atoms with Crippen LogP contribution in [0.1, 0.15) is 25.3 Å². The summed E-state index contributed by atoms with van der Waals surface area (Å²) in [6.45, 7) is 9.58. The van der Waals surface area contributed by atoms with Crippen LogP contribution < -0.4 is 10.1 Å². The van der Waals surface area contributed by atoms with E-state index in [9.17, 15) is 4.79 Å². The molecule has 2 aliphatic rings. The summed E-state index contributed by atoms with van der Waals surface area (Å²) in [6, 6.07) is 8.15. The van der Waals surface area contributed by atoms with E-state index in [0.717, 1.165) is 69.5 Å². The number of piperidine rings is 1. The number of likely N-dealkylation sites (tertiary alicyclic amines) is 1. The molecule has 8 nitrogen and oxygen atoms in total. The average Bonchev–Trinajstić information content (AvgIpc) is 2.81. The van der Waals surface area contributed by atoms with Crippen molar-refractivity contribution in [2.45, 2.75) is 26.3 Å². The molecule has 31 heavy (non-hydrogen) atoms. The Hall–Kier alpha value is -2.32. The van der Waals surface area contributed by atoms with Crippen LogP contribution >= 0.6 is 0 Å². The summed E-state index contributed by atoms with van der Waals surface area (Å²) < 4.78 is 16.5. The Morgan fingerprint density at radius 1 is 1.29 bits per heavy atom. The first-order valence-corrected chi connectivity index (χ1v) is 11.3. The number of nitrogens with one attached hydrogen (secondary N) is 1. The quantitative estimate of drug-likeness (QED) is 0.381. The summed E-state index contributed by atoms with van der Waals surface area (Å²) in [4.78, 5) is 21.1. The minimum atomic E-state index is -0.107. The number of hydrogen-bond donors (Lipinski definition) is 1. The van der Waals surface area contributed by atoms with E-state index < -0.39 is 0 Å². The molecule has 1 unspecified atom stereocenters. The summed E-state index contributed by atoms with van der Waals surface area (Å²) in [7, 11) is 1.78. The number of carbonyl (C=O) groups is 1. The Morgan fingerprint density at radius 3 is 2.90 bits per heavy atom. The average molecular weight is 433 g/mol. The van der Waals surface area contributed by atoms with E-state index in [1.165, 1.54) is 0 Å². The summed E-state index contributed by atoms with van der Waals surface area (Å²) in [5.74, 6) is 1.50. The highest BCUT2D eigenvalue weighted by Gasteiger charge is 2.28. The number of morpholine rings is 1. The highest BCUT2D eigenvalue weighted by Crippen LogP contribution is 2.18. The largest absolute Gasteiger partial charge is 0.492 e. The van der Waals surface area contributed by atoms with Crippen molar-refractivity contribution in [3.05, 3.63) is 29.8 Å². The minimum Gasteiger partial charge on any atom is -0.492 e. The number of benzene rings is 1.